The van der Waals surface area contributed by atoms with Crippen molar-refractivity contribution in [2.45, 2.75) is 155 Å². The van der Waals surface area contributed by atoms with Crippen molar-refractivity contribution >= 4 is 11.9 Å². The number of hydrogen-bond donors (Lipinski definition) is 0. The van der Waals surface area contributed by atoms with Gasteiger partial charge in [0.25, 0.3) is 0 Å². The summed E-state index contributed by atoms with van der Waals surface area (Å²) in [6, 6.07) is 0. The standard InChI is InChI=1S/C40H66O4/c1-3-5-7-9-11-13-15-17-19-21-23-25-27-29-31-33-37-43-39(41)35-36-40(42)44-38-34-32-30-28-26-24-22-20-18-16-14-12-10-8-6-4-2/h11-14,17-20,23-26H,3-10,15-16,21-22,27-38H2,1-2H3/b13-11-,14-12-,19-17-,20-18-,25-23-,26-24-. The van der Waals surface area contributed by atoms with Crippen LogP contribution in [0.5, 0.6) is 0 Å². The minimum Gasteiger partial charge on any atom is -0.466 e. The SMILES string of the molecule is CCCCC/C=C\C/C=C\C/C=C\CCCCCOC(=O)CCC(=O)OCCCCC/C=C\C/C=C\C/C=C\CCCCC. The highest BCUT2D eigenvalue weighted by atomic mass is 16.5. The monoisotopic (exact) mass is 610 g/mol. The molecule has 0 fully saturated rings. The van der Waals surface area contributed by atoms with Crippen LogP contribution in [-0.2, 0) is 19.1 Å². The molecule has 0 bridgehead atoms. The maximum atomic E-state index is 11.9. The van der Waals surface area contributed by atoms with E-state index in [0.29, 0.717) is 13.2 Å². The molecule has 0 aliphatic rings. The van der Waals surface area contributed by atoms with Gasteiger partial charge in [0.15, 0.2) is 0 Å². The fourth-order valence-corrected chi connectivity index (χ4v) is 4.38. The molecule has 250 valence electrons. The normalized spacial score (nSPS) is 12.3. The van der Waals surface area contributed by atoms with E-state index in [-0.39, 0.29) is 24.8 Å². The predicted molar refractivity (Wildman–Crippen MR) is 190 cm³/mol. The van der Waals surface area contributed by atoms with Gasteiger partial charge in [-0.05, 0) is 103 Å². The van der Waals surface area contributed by atoms with Crippen molar-refractivity contribution in [2.24, 2.45) is 0 Å². The Morgan fingerprint density at radius 2 is 0.682 bits per heavy atom. The Bertz CT molecular complexity index is 747. The average molecular weight is 611 g/mol. The van der Waals surface area contributed by atoms with E-state index in [1.807, 2.05) is 0 Å². The van der Waals surface area contributed by atoms with Gasteiger partial charge < -0.3 is 9.47 Å². The first-order valence-electron chi connectivity index (χ1n) is 17.9. The summed E-state index contributed by atoms with van der Waals surface area (Å²) in [5, 5.41) is 0. The van der Waals surface area contributed by atoms with E-state index in [4.69, 9.17) is 9.47 Å². The molecule has 0 radical (unpaired) electrons. The molecule has 44 heavy (non-hydrogen) atoms. The number of rotatable bonds is 31. The summed E-state index contributed by atoms with van der Waals surface area (Å²) in [6.45, 7) is 5.32. The average Bonchev–Trinajstić information content (AvgIpc) is 3.03. The van der Waals surface area contributed by atoms with Gasteiger partial charge in [-0.2, -0.15) is 0 Å². The number of unbranched alkanes of at least 4 members (excludes halogenated alkanes) is 12. The predicted octanol–water partition coefficient (Wildman–Crippen LogP) is 12.0. The van der Waals surface area contributed by atoms with Crippen LogP contribution >= 0.6 is 0 Å². The van der Waals surface area contributed by atoms with Gasteiger partial charge in [-0.25, -0.2) is 0 Å². The third kappa shape index (κ3) is 35.6. The van der Waals surface area contributed by atoms with Crippen LogP contribution in [0.4, 0.5) is 0 Å². The van der Waals surface area contributed by atoms with Crippen molar-refractivity contribution in [3.8, 4) is 0 Å². The van der Waals surface area contributed by atoms with Crippen LogP contribution in [0, 0.1) is 0 Å². The Kier molecular flexibility index (Phi) is 34.4. The highest BCUT2D eigenvalue weighted by molar-refractivity contribution is 5.77. The zero-order valence-corrected chi connectivity index (χ0v) is 28.5. The minimum absolute atomic E-state index is 0.0955. The lowest BCUT2D eigenvalue weighted by Gasteiger charge is -2.06. The Morgan fingerprint density at radius 3 is 1.00 bits per heavy atom. The largest absolute Gasteiger partial charge is 0.466 e. The topological polar surface area (TPSA) is 52.6 Å². The molecule has 0 N–H and O–H groups in total. The molecule has 0 heterocycles. The van der Waals surface area contributed by atoms with Crippen LogP contribution in [0.3, 0.4) is 0 Å². The number of carbonyl (C=O) groups excluding carboxylic acids is 2. The molecule has 4 nitrogen and oxygen atoms in total. The molecule has 0 saturated heterocycles. The number of allylic oxidation sites excluding steroid dienone is 12. The van der Waals surface area contributed by atoms with Crippen LogP contribution in [0.1, 0.15) is 155 Å². The Labute approximate surface area is 271 Å². The highest BCUT2D eigenvalue weighted by Crippen LogP contribution is 2.06. The Hall–Kier alpha value is -2.62. The lowest BCUT2D eigenvalue weighted by molar-refractivity contribution is -0.150. The summed E-state index contributed by atoms with van der Waals surface area (Å²) in [5.41, 5.74) is 0. The second-order valence-electron chi connectivity index (χ2n) is 11.4. The summed E-state index contributed by atoms with van der Waals surface area (Å²) in [6.07, 6.45) is 49.4. The third-order valence-corrected chi connectivity index (χ3v) is 7.13. The van der Waals surface area contributed by atoms with Gasteiger partial charge in [-0.3, -0.25) is 9.59 Å². The number of esters is 2. The molecular weight excluding hydrogens is 544 g/mol. The smallest absolute Gasteiger partial charge is 0.306 e. The van der Waals surface area contributed by atoms with Crippen molar-refractivity contribution in [1.82, 2.24) is 0 Å². The maximum absolute atomic E-state index is 11.9. The third-order valence-electron chi connectivity index (χ3n) is 7.13. The highest BCUT2D eigenvalue weighted by Gasteiger charge is 2.09. The molecule has 0 aliphatic carbocycles. The summed E-state index contributed by atoms with van der Waals surface area (Å²) >= 11 is 0. The number of carbonyl (C=O) groups is 2. The number of ether oxygens (including phenoxy) is 2. The van der Waals surface area contributed by atoms with E-state index < -0.39 is 0 Å². The Balaban J connectivity index is 3.49. The molecule has 4 heteroatoms. The van der Waals surface area contributed by atoms with Gasteiger partial charge in [0, 0.05) is 0 Å². The van der Waals surface area contributed by atoms with Crippen LogP contribution in [0.25, 0.3) is 0 Å². The Morgan fingerprint density at radius 1 is 0.386 bits per heavy atom. The van der Waals surface area contributed by atoms with Gasteiger partial charge >= 0.3 is 11.9 Å². The van der Waals surface area contributed by atoms with E-state index in [2.05, 4.69) is 86.8 Å². The first-order chi connectivity index (χ1) is 21.7. The lowest BCUT2D eigenvalue weighted by Crippen LogP contribution is -2.11. The summed E-state index contributed by atoms with van der Waals surface area (Å²) in [4.78, 5) is 23.8. The van der Waals surface area contributed by atoms with E-state index in [0.717, 1.165) is 77.0 Å². The molecule has 0 spiro atoms. The second-order valence-corrected chi connectivity index (χ2v) is 11.4. The quantitative estimate of drug-likeness (QED) is 0.0445. The van der Waals surface area contributed by atoms with E-state index >= 15 is 0 Å². The van der Waals surface area contributed by atoms with Gasteiger partial charge in [-0.1, -0.05) is 112 Å². The molecular formula is C40H66O4. The van der Waals surface area contributed by atoms with Crippen molar-refractivity contribution in [2.75, 3.05) is 13.2 Å². The van der Waals surface area contributed by atoms with Crippen LogP contribution in [0.2, 0.25) is 0 Å². The fraction of sp³-hybridized carbons (Fsp3) is 0.650. The first kappa shape index (κ1) is 41.4. The molecule has 0 aromatic rings. The van der Waals surface area contributed by atoms with Crippen molar-refractivity contribution in [1.29, 1.82) is 0 Å². The van der Waals surface area contributed by atoms with Crippen LogP contribution < -0.4 is 0 Å². The maximum Gasteiger partial charge on any atom is 0.306 e. The molecule has 0 atom stereocenters. The van der Waals surface area contributed by atoms with E-state index in [9.17, 15) is 9.59 Å². The zero-order chi connectivity index (χ0) is 32.0. The number of hydrogen-bond acceptors (Lipinski definition) is 4. The first-order valence-corrected chi connectivity index (χ1v) is 17.9. The molecule has 0 saturated carbocycles. The summed E-state index contributed by atoms with van der Waals surface area (Å²) < 4.78 is 10.5. The second kappa shape index (κ2) is 36.6. The van der Waals surface area contributed by atoms with Crippen LogP contribution in [-0.4, -0.2) is 25.2 Å². The van der Waals surface area contributed by atoms with Gasteiger partial charge in [0.05, 0.1) is 26.1 Å². The van der Waals surface area contributed by atoms with Crippen molar-refractivity contribution in [3.05, 3.63) is 72.9 Å². The molecule has 0 aromatic carbocycles. The molecule has 0 rings (SSSR count). The van der Waals surface area contributed by atoms with Crippen molar-refractivity contribution in [3.63, 3.8) is 0 Å². The summed E-state index contributed by atoms with van der Waals surface area (Å²) in [5.74, 6) is -0.630. The lowest BCUT2D eigenvalue weighted by atomic mass is 10.2. The molecule has 0 unspecified atom stereocenters. The van der Waals surface area contributed by atoms with Gasteiger partial charge in [0.2, 0.25) is 0 Å². The van der Waals surface area contributed by atoms with E-state index in [1.54, 1.807) is 0 Å². The van der Waals surface area contributed by atoms with E-state index in [1.165, 1.54) is 51.4 Å². The molecule has 0 aromatic heterocycles. The zero-order valence-electron chi connectivity index (χ0n) is 28.5. The van der Waals surface area contributed by atoms with Crippen LogP contribution in [0.15, 0.2) is 72.9 Å². The van der Waals surface area contributed by atoms with Gasteiger partial charge in [-0.15, -0.1) is 0 Å². The van der Waals surface area contributed by atoms with Gasteiger partial charge in [0.1, 0.15) is 0 Å². The fourth-order valence-electron chi connectivity index (χ4n) is 4.38. The van der Waals surface area contributed by atoms with Crippen molar-refractivity contribution < 1.29 is 19.1 Å². The summed E-state index contributed by atoms with van der Waals surface area (Å²) in [7, 11) is 0. The molecule has 0 amide bonds. The molecule has 0 aliphatic heterocycles. The minimum atomic E-state index is -0.315.